The standard InChI is InChI=1S/C13H11BrFN3O/c1-7-2-3-11(12(16)17)13(18-7)19-10-5-8(14)4-9(15)6-10/h2-6H,1H3,(H3,16,17). The summed E-state index contributed by atoms with van der Waals surface area (Å²) in [6.07, 6.45) is 0. The van der Waals surface area contributed by atoms with Gasteiger partial charge in [-0.3, -0.25) is 5.41 Å². The first-order valence-electron chi connectivity index (χ1n) is 5.41. The van der Waals surface area contributed by atoms with E-state index in [0.717, 1.165) is 5.69 Å². The van der Waals surface area contributed by atoms with Crippen LogP contribution in [0, 0.1) is 18.2 Å². The van der Waals surface area contributed by atoms with Crippen molar-refractivity contribution in [2.45, 2.75) is 6.92 Å². The van der Waals surface area contributed by atoms with Crippen LogP contribution in [0.2, 0.25) is 0 Å². The molecule has 6 heteroatoms. The molecule has 2 aromatic rings. The van der Waals surface area contributed by atoms with Crippen LogP contribution in [0.4, 0.5) is 4.39 Å². The third-order valence-electron chi connectivity index (χ3n) is 2.34. The second-order valence-corrected chi connectivity index (χ2v) is 4.84. The summed E-state index contributed by atoms with van der Waals surface area (Å²) in [6, 6.07) is 7.54. The lowest BCUT2D eigenvalue weighted by Gasteiger charge is -2.10. The van der Waals surface area contributed by atoms with Crippen LogP contribution in [0.25, 0.3) is 0 Å². The molecular weight excluding hydrogens is 313 g/mol. The van der Waals surface area contributed by atoms with Crippen molar-refractivity contribution in [2.75, 3.05) is 0 Å². The molecule has 0 bridgehead atoms. The van der Waals surface area contributed by atoms with Crippen molar-refractivity contribution in [1.29, 1.82) is 5.41 Å². The van der Waals surface area contributed by atoms with E-state index in [1.807, 2.05) is 0 Å². The van der Waals surface area contributed by atoms with E-state index in [1.165, 1.54) is 12.1 Å². The SMILES string of the molecule is Cc1ccc(C(=N)N)c(Oc2cc(F)cc(Br)c2)n1. The molecule has 0 saturated carbocycles. The number of nitrogen functional groups attached to an aromatic ring is 1. The van der Waals surface area contributed by atoms with Crippen LogP contribution in [-0.2, 0) is 0 Å². The van der Waals surface area contributed by atoms with Gasteiger partial charge in [-0.05, 0) is 31.2 Å². The molecule has 1 aromatic heterocycles. The molecule has 0 aliphatic carbocycles. The number of benzene rings is 1. The highest BCUT2D eigenvalue weighted by Gasteiger charge is 2.11. The number of ether oxygens (including phenoxy) is 1. The van der Waals surface area contributed by atoms with Crippen LogP contribution in [-0.4, -0.2) is 10.8 Å². The average Bonchev–Trinajstić information content (AvgIpc) is 2.26. The maximum absolute atomic E-state index is 13.3. The predicted octanol–water partition coefficient (Wildman–Crippen LogP) is 3.37. The van der Waals surface area contributed by atoms with Crippen LogP contribution in [0.3, 0.4) is 0 Å². The topological polar surface area (TPSA) is 72.0 Å². The van der Waals surface area contributed by atoms with Gasteiger partial charge in [0, 0.05) is 16.2 Å². The van der Waals surface area contributed by atoms with Gasteiger partial charge < -0.3 is 10.5 Å². The Morgan fingerprint density at radius 3 is 2.74 bits per heavy atom. The Morgan fingerprint density at radius 1 is 1.37 bits per heavy atom. The van der Waals surface area contributed by atoms with Crippen molar-refractivity contribution < 1.29 is 9.13 Å². The normalized spacial score (nSPS) is 10.3. The lowest BCUT2D eigenvalue weighted by molar-refractivity contribution is 0.455. The van der Waals surface area contributed by atoms with Crippen molar-refractivity contribution in [2.24, 2.45) is 5.73 Å². The molecule has 0 aliphatic heterocycles. The van der Waals surface area contributed by atoms with Gasteiger partial charge in [0.1, 0.15) is 17.4 Å². The van der Waals surface area contributed by atoms with Crippen molar-refractivity contribution in [1.82, 2.24) is 4.98 Å². The van der Waals surface area contributed by atoms with Gasteiger partial charge in [-0.15, -0.1) is 0 Å². The summed E-state index contributed by atoms with van der Waals surface area (Å²) < 4.78 is 19.3. The minimum atomic E-state index is -0.429. The number of nitrogens with one attached hydrogen (secondary N) is 1. The molecule has 4 nitrogen and oxygen atoms in total. The van der Waals surface area contributed by atoms with Crippen molar-refractivity contribution >= 4 is 21.8 Å². The predicted molar refractivity (Wildman–Crippen MR) is 74.2 cm³/mol. The van der Waals surface area contributed by atoms with Gasteiger partial charge in [-0.2, -0.15) is 0 Å². The van der Waals surface area contributed by atoms with E-state index >= 15 is 0 Å². The molecule has 0 saturated heterocycles. The molecule has 1 aromatic carbocycles. The molecule has 98 valence electrons. The molecule has 0 amide bonds. The second kappa shape index (κ2) is 5.36. The van der Waals surface area contributed by atoms with Crippen molar-refractivity contribution in [3.05, 3.63) is 51.9 Å². The van der Waals surface area contributed by atoms with Gasteiger partial charge in [0.05, 0.1) is 5.56 Å². The van der Waals surface area contributed by atoms with Gasteiger partial charge in [0.15, 0.2) is 0 Å². The van der Waals surface area contributed by atoms with E-state index in [9.17, 15) is 4.39 Å². The summed E-state index contributed by atoms with van der Waals surface area (Å²) in [4.78, 5) is 4.17. The minimum absolute atomic E-state index is 0.155. The Kier molecular flexibility index (Phi) is 3.80. The van der Waals surface area contributed by atoms with E-state index in [4.69, 9.17) is 15.9 Å². The van der Waals surface area contributed by atoms with Crippen molar-refractivity contribution in [3.63, 3.8) is 0 Å². The number of aryl methyl sites for hydroxylation is 1. The number of nitrogens with two attached hydrogens (primary N) is 1. The molecule has 1 heterocycles. The summed E-state index contributed by atoms with van der Waals surface area (Å²) >= 11 is 3.18. The molecule has 19 heavy (non-hydrogen) atoms. The molecular formula is C13H11BrFN3O. The molecule has 0 spiro atoms. The molecule has 3 N–H and O–H groups in total. The fraction of sp³-hybridized carbons (Fsp3) is 0.0769. The average molecular weight is 324 g/mol. The highest BCUT2D eigenvalue weighted by atomic mass is 79.9. The highest BCUT2D eigenvalue weighted by Crippen LogP contribution is 2.27. The Labute approximate surface area is 118 Å². The van der Waals surface area contributed by atoms with Crippen LogP contribution >= 0.6 is 15.9 Å². The Balaban J connectivity index is 2.42. The Hall–Kier alpha value is -1.95. The first-order chi connectivity index (χ1) is 8.95. The second-order valence-electron chi connectivity index (χ2n) is 3.93. The van der Waals surface area contributed by atoms with E-state index < -0.39 is 5.82 Å². The summed E-state index contributed by atoms with van der Waals surface area (Å²) in [5, 5.41) is 7.47. The number of hydrogen-bond donors (Lipinski definition) is 2. The largest absolute Gasteiger partial charge is 0.438 e. The Bertz CT molecular complexity index is 626. The summed E-state index contributed by atoms with van der Waals surface area (Å²) in [5.74, 6) is -0.114. The highest BCUT2D eigenvalue weighted by molar-refractivity contribution is 9.10. The molecule has 2 rings (SSSR count). The van der Waals surface area contributed by atoms with Crippen molar-refractivity contribution in [3.8, 4) is 11.6 Å². The zero-order valence-electron chi connectivity index (χ0n) is 10.1. The smallest absolute Gasteiger partial charge is 0.230 e. The number of nitrogens with zero attached hydrogens (tertiary/aromatic N) is 1. The third kappa shape index (κ3) is 3.29. The lowest BCUT2D eigenvalue weighted by atomic mass is 10.2. The monoisotopic (exact) mass is 323 g/mol. The third-order valence-corrected chi connectivity index (χ3v) is 2.80. The summed E-state index contributed by atoms with van der Waals surface area (Å²) in [6.45, 7) is 1.79. The minimum Gasteiger partial charge on any atom is -0.438 e. The maximum Gasteiger partial charge on any atom is 0.230 e. The number of halogens is 2. The fourth-order valence-corrected chi connectivity index (χ4v) is 1.96. The van der Waals surface area contributed by atoms with Crippen LogP contribution in [0.15, 0.2) is 34.8 Å². The van der Waals surface area contributed by atoms with Crippen LogP contribution in [0.5, 0.6) is 11.6 Å². The fourth-order valence-electron chi connectivity index (χ4n) is 1.51. The van der Waals surface area contributed by atoms with Gasteiger partial charge in [-0.1, -0.05) is 15.9 Å². The lowest BCUT2D eigenvalue weighted by Crippen LogP contribution is -2.13. The van der Waals surface area contributed by atoms with Crippen LogP contribution < -0.4 is 10.5 Å². The first-order valence-corrected chi connectivity index (χ1v) is 6.21. The maximum atomic E-state index is 13.3. The molecule has 0 fully saturated rings. The van der Waals surface area contributed by atoms with E-state index in [-0.39, 0.29) is 17.5 Å². The summed E-state index contributed by atoms with van der Waals surface area (Å²) in [5.41, 5.74) is 6.54. The number of aromatic nitrogens is 1. The first kappa shape index (κ1) is 13.5. The van der Waals surface area contributed by atoms with Gasteiger partial charge in [-0.25, -0.2) is 9.37 Å². The summed E-state index contributed by atoms with van der Waals surface area (Å²) in [7, 11) is 0. The van der Waals surface area contributed by atoms with Gasteiger partial charge in [0.25, 0.3) is 0 Å². The molecule has 0 radical (unpaired) electrons. The number of rotatable bonds is 3. The number of hydrogen-bond acceptors (Lipinski definition) is 3. The zero-order valence-corrected chi connectivity index (χ0v) is 11.7. The quantitative estimate of drug-likeness (QED) is 0.672. The van der Waals surface area contributed by atoms with Gasteiger partial charge >= 0.3 is 0 Å². The van der Waals surface area contributed by atoms with Gasteiger partial charge in [0.2, 0.25) is 5.88 Å². The molecule has 0 unspecified atom stereocenters. The zero-order chi connectivity index (χ0) is 14.0. The van der Waals surface area contributed by atoms with E-state index in [0.29, 0.717) is 10.0 Å². The molecule has 0 aliphatic rings. The van der Waals surface area contributed by atoms with E-state index in [1.54, 1.807) is 25.1 Å². The van der Waals surface area contributed by atoms with E-state index in [2.05, 4.69) is 20.9 Å². The van der Waals surface area contributed by atoms with Crippen LogP contribution in [0.1, 0.15) is 11.3 Å². The number of amidine groups is 1. The Morgan fingerprint density at radius 2 is 2.11 bits per heavy atom. The number of pyridine rings is 1. The molecule has 0 atom stereocenters.